The molecule has 3 nitrogen and oxygen atoms in total. The number of amides is 1. The van der Waals surface area contributed by atoms with Crippen molar-refractivity contribution in [2.24, 2.45) is 5.73 Å². The van der Waals surface area contributed by atoms with Crippen LogP contribution in [0.25, 0.3) is 0 Å². The van der Waals surface area contributed by atoms with Gasteiger partial charge in [-0.05, 0) is 51.3 Å². The van der Waals surface area contributed by atoms with Gasteiger partial charge >= 0.3 is 0 Å². The lowest BCUT2D eigenvalue weighted by Gasteiger charge is -2.04. The smallest absolute Gasteiger partial charge is 0.220 e. The Labute approximate surface area is 120 Å². The minimum absolute atomic E-state index is 0. The van der Waals surface area contributed by atoms with Gasteiger partial charge < -0.3 is 11.1 Å². The highest BCUT2D eigenvalue weighted by Crippen LogP contribution is 2.21. The fraction of sp³-hybridized carbons (Fsp3) is 0.615. The second kappa shape index (κ2) is 9.36. The first-order valence-electron chi connectivity index (χ1n) is 6.16. The fourth-order valence-electron chi connectivity index (χ4n) is 1.79. The third kappa shape index (κ3) is 6.38. The molecule has 0 bridgehead atoms. The first-order valence-corrected chi connectivity index (χ1v) is 6.98. The van der Waals surface area contributed by atoms with E-state index in [1.54, 1.807) is 0 Å². The summed E-state index contributed by atoms with van der Waals surface area (Å²) in [6, 6.07) is 2.23. The molecule has 1 aromatic rings. The Morgan fingerprint density at radius 2 is 2.11 bits per heavy atom. The number of carbonyl (C=O) groups excluding carboxylic acids is 1. The zero-order chi connectivity index (χ0) is 12.7. The molecule has 5 heteroatoms. The summed E-state index contributed by atoms with van der Waals surface area (Å²) in [4.78, 5) is 14.2. The summed E-state index contributed by atoms with van der Waals surface area (Å²) in [6.07, 6.45) is 3.39. The Hall–Kier alpha value is -0.580. The van der Waals surface area contributed by atoms with Gasteiger partial charge in [0.1, 0.15) is 0 Å². The molecule has 0 unspecified atom stereocenters. The predicted octanol–water partition coefficient (Wildman–Crippen LogP) is 2.57. The first-order chi connectivity index (χ1) is 8.13. The number of carbonyl (C=O) groups is 1. The topological polar surface area (TPSA) is 55.1 Å². The number of aryl methyl sites for hydroxylation is 3. The number of halogens is 1. The van der Waals surface area contributed by atoms with Gasteiger partial charge in [0.2, 0.25) is 5.91 Å². The van der Waals surface area contributed by atoms with Gasteiger partial charge in [-0.15, -0.1) is 23.7 Å². The Bertz CT molecular complexity index is 366. The van der Waals surface area contributed by atoms with Crippen molar-refractivity contribution in [1.82, 2.24) is 5.32 Å². The molecule has 1 aromatic heterocycles. The number of nitrogens with one attached hydrogen (secondary N) is 1. The van der Waals surface area contributed by atoms with Gasteiger partial charge in [0.25, 0.3) is 0 Å². The van der Waals surface area contributed by atoms with Crippen molar-refractivity contribution in [2.45, 2.75) is 39.5 Å². The van der Waals surface area contributed by atoms with Gasteiger partial charge in [-0.3, -0.25) is 4.79 Å². The lowest BCUT2D eigenvalue weighted by atomic mass is 10.1. The van der Waals surface area contributed by atoms with Crippen molar-refractivity contribution in [3.05, 3.63) is 21.4 Å². The third-order valence-corrected chi connectivity index (χ3v) is 3.71. The maximum Gasteiger partial charge on any atom is 0.220 e. The number of nitrogens with two attached hydrogens (primary N) is 1. The Morgan fingerprint density at radius 1 is 1.39 bits per heavy atom. The molecule has 0 saturated heterocycles. The van der Waals surface area contributed by atoms with Crippen LogP contribution in [0.3, 0.4) is 0 Å². The van der Waals surface area contributed by atoms with Gasteiger partial charge in [-0.1, -0.05) is 0 Å². The second-order valence-corrected chi connectivity index (χ2v) is 5.74. The highest BCUT2D eigenvalue weighted by Gasteiger charge is 2.05. The molecule has 1 heterocycles. The molecule has 1 amide bonds. The van der Waals surface area contributed by atoms with E-state index in [0.717, 1.165) is 19.3 Å². The monoisotopic (exact) mass is 290 g/mol. The van der Waals surface area contributed by atoms with Crippen LogP contribution in [0.2, 0.25) is 0 Å². The minimum Gasteiger partial charge on any atom is -0.356 e. The molecular formula is C13H23ClN2OS. The van der Waals surface area contributed by atoms with E-state index >= 15 is 0 Å². The number of rotatable bonds is 7. The van der Waals surface area contributed by atoms with Crippen LogP contribution >= 0.6 is 23.7 Å². The average Bonchev–Trinajstić information content (AvgIpc) is 2.58. The Balaban J connectivity index is 0.00000289. The van der Waals surface area contributed by atoms with Gasteiger partial charge in [-0.25, -0.2) is 0 Å². The summed E-state index contributed by atoms with van der Waals surface area (Å²) in [5.41, 5.74) is 6.75. The van der Waals surface area contributed by atoms with E-state index in [9.17, 15) is 4.79 Å². The molecule has 0 aliphatic heterocycles. The van der Waals surface area contributed by atoms with Crippen LogP contribution < -0.4 is 11.1 Å². The highest BCUT2D eigenvalue weighted by molar-refractivity contribution is 7.12. The summed E-state index contributed by atoms with van der Waals surface area (Å²) in [5, 5.41) is 2.87. The maximum atomic E-state index is 11.4. The van der Waals surface area contributed by atoms with E-state index in [4.69, 9.17) is 5.73 Å². The molecule has 0 aliphatic rings. The van der Waals surface area contributed by atoms with E-state index in [-0.39, 0.29) is 18.3 Å². The fourth-order valence-corrected chi connectivity index (χ4v) is 2.77. The molecule has 0 aliphatic carbocycles. The second-order valence-electron chi connectivity index (χ2n) is 4.28. The third-order valence-electron chi connectivity index (χ3n) is 2.70. The van der Waals surface area contributed by atoms with Crippen molar-refractivity contribution >= 4 is 29.7 Å². The number of hydrogen-bond donors (Lipinski definition) is 2. The van der Waals surface area contributed by atoms with E-state index in [1.807, 2.05) is 11.3 Å². The molecular weight excluding hydrogens is 268 g/mol. The lowest BCUT2D eigenvalue weighted by Crippen LogP contribution is -2.25. The Morgan fingerprint density at radius 3 is 2.67 bits per heavy atom. The molecule has 104 valence electrons. The summed E-state index contributed by atoms with van der Waals surface area (Å²) in [6.45, 7) is 5.61. The Kier molecular flexibility index (Phi) is 9.06. The van der Waals surface area contributed by atoms with Gasteiger partial charge in [0, 0.05) is 22.7 Å². The van der Waals surface area contributed by atoms with E-state index in [2.05, 4.69) is 25.2 Å². The van der Waals surface area contributed by atoms with Crippen LogP contribution in [0, 0.1) is 13.8 Å². The average molecular weight is 291 g/mol. The molecule has 0 saturated carbocycles. The van der Waals surface area contributed by atoms with Crippen LogP contribution in [-0.4, -0.2) is 19.0 Å². The number of hydrogen-bond acceptors (Lipinski definition) is 3. The van der Waals surface area contributed by atoms with Gasteiger partial charge in [0.05, 0.1) is 0 Å². The maximum absolute atomic E-state index is 11.4. The molecule has 18 heavy (non-hydrogen) atoms. The quantitative estimate of drug-likeness (QED) is 0.758. The highest BCUT2D eigenvalue weighted by atomic mass is 35.5. The van der Waals surface area contributed by atoms with Crippen LogP contribution in [0.5, 0.6) is 0 Å². The molecule has 3 N–H and O–H groups in total. The van der Waals surface area contributed by atoms with Crippen molar-refractivity contribution < 1.29 is 4.79 Å². The van der Waals surface area contributed by atoms with Crippen molar-refractivity contribution in [3.63, 3.8) is 0 Å². The van der Waals surface area contributed by atoms with Crippen molar-refractivity contribution in [2.75, 3.05) is 13.1 Å². The van der Waals surface area contributed by atoms with E-state index in [0.29, 0.717) is 19.5 Å². The predicted molar refractivity (Wildman–Crippen MR) is 80.7 cm³/mol. The molecule has 0 spiro atoms. The lowest BCUT2D eigenvalue weighted by molar-refractivity contribution is -0.121. The summed E-state index contributed by atoms with van der Waals surface area (Å²) < 4.78 is 0. The normalized spacial score (nSPS) is 9.94. The number of thiophene rings is 1. The van der Waals surface area contributed by atoms with Gasteiger partial charge in [0.15, 0.2) is 0 Å². The summed E-state index contributed by atoms with van der Waals surface area (Å²) in [5.74, 6) is 0.142. The van der Waals surface area contributed by atoms with Crippen LogP contribution in [0.4, 0.5) is 0 Å². The SMILES string of the molecule is Cc1cc(CCCC(=O)NCCCN)c(C)s1.Cl. The summed E-state index contributed by atoms with van der Waals surface area (Å²) >= 11 is 1.83. The van der Waals surface area contributed by atoms with Crippen molar-refractivity contribution in [3.8, 4) is 0 Å². The first kappa shape index (κ1) is 17.4. The van der Waals surface area contributed by atoms with E-state index < -0.39 is 0 Å². The zero-order valence-electron chi connectivity index (χ0n) is 11.1. The van der Waals surface area contributed by atoms with Crippen molar-refractivity contribution in [1.29, 1.82) is 0 Å². The van der Waals surface area contributed by atoms with Gasteiger partial charge in [-0.2, -0.15) is 0 Å². The van der Waals surface area contributed by atoms with Crippen LogP contribution in [0.1, 0.15) is 34.6 Å². The molecule has 1 rings (SSSR count). The minimum atomic E-state index is 0. The largest absolute Gasteiger partial charge is 0.356 e. The molecule has 0 atom stereocenters. The molecule has 0 fully saturated rings. The molecule has 0 aromatic carbocycles. The van der Waals surface area contributed by atoms with Crippen LogP contribution in [0.15, 0.2) is 6.07 Å². The van der Waals surface area contributed by atoms with E-state index in [1.165, 1.54) is 15.3 Å². The molecule has 0 radical (unpaired) electrons. The standard InChI is InChI=1S/C13H22N2OS.ClH/c1-10-9-12(11(2)17-10)5-3-6-13(16)15-8-4-7-14;/h9H,3-8,14H2,1-2H3,(H,15,16);1H. The summed E-state index contributed by atoms with van der Waals surface area (Å²) in [7, 11) is 0. The zero-order valence-corrected chi connectivity index (χ0v) is 12.8. The van der Waals surface area contributed by atoms with Crippen LogP contribution in [-0.2, 0) is 11.2 Å².